The summed E-state index contributed by atoms with van der Waals surface area (Å²) in [5.74, 6) is -0.316. The van der Waals surface area contributed by atoms with Crippen LogP contribution in [0.25, 0.3) is 0 Å². The number of ether oxygens (including phenoxy) is 2. The zero-order chi connectivity index (χ0) is 19.1. The smallest absolute Gasteiger partial charge is 0.332 e. The highest BCUT2D eigenvalue weighted by Crippen LogP contribution is 2.07. The lowest BCUT2D eigenvalue weighted by molar-refractivity contribution is -0.147. The molecule has 0 bridgehead atoms. The number of hydrogen-bond acceptors (Lipinski definition) is 3. The van der Waals surface area contributed by atoms with Gasteiger partial charge in [0.2, 0.25) is 0 Å². The predicted octanol–water partition coefficient (Wildman–Crippen LogP) is 5.93. The molecule has 0 spiro atoms. The molecule has 3 heteroatoms. The maximum atomic E-state index is 11.6. The number of hydrogen-bond donors (Lipinski definition) is 0. The molecule has 0 saturated carbocycles. The van der Waals surface area contributed by atoms with Crippen LogP contribution < -0.4 is 0 Å². The van der Waals surface area contributed by atoms with Crippen LogP contribution in [0.15, 0.2) is 46.6 Å². The zero-order valence-corrected chi connectivity index (χ0v) is 17.0. The Kier molecular flexibility index (Phi) is 13.8. The topological polar surface area (TPSA) is 35.5 Å². The fourth-order valence-corrected chi connectivity index (χ4v) is 2.04. The van der Waals surface area contributed by atoms with Gasteiger partial charge in [-0.3, -0.25) is 0 Å². The van der Waals surface area contributed by atoms with Crippen LogP contribution in [0.4, 0.5) is 0 Å². The molecule has 3 nitrogen and oxygen atoms in total. The van der Waals surface area contributed by atoms with Gasteiger partial charge in [-0.2, -0.15) is 0 Å². The molecule has 0 amide bonds. The number of carbonyl (C=O) groups excluding carboxylic acids is 1. The van der Waals surface area contributed by atoms with Gasteiger partial charge in [-0.1, -0.05) is 40.5 Å². The first kappa shape index (κ1) is 23.4. The van der Waals surface area contributed by atoms with E-state index in [4.69, 9.17) is 9.47 Å². The Bertz CT molecular complexity index is 499. The summed E-state index contributed by atoms with van der Waals surface area (Å²) < 4.78 is 10.5. The van der Waals surface area contributed by atoms with Crippen LogP contribution in [0.2, 0.25) is 0 Å². The Balaban J connectivity index is 3.83. The van der Waals surface area contributed by atoms with Crippen molar-refractivity contribution >= 4 is 5.97 Å². The van der Waals surface area contributed by atoms with Gasteiger partial charge >= 0.3 is 5.97 Å². The first-order valence-corrected chi connectivity index (χ1v) is 9.12. The lowest BCUT2D eigenvalue weighted by atomic mass is 10.1. The quantitative estimate of drug-likeness (QED) is 0.249. The molecule has 0 atom stereocenters. The predicted molar refractivity (Wildman–Crippen MR) is 107 cm³/mol. The van der Waals surface area contributed by atoms with Crippen molar-refractivity contribution in [3.8, 4) is 0 Å². The second-order valence-corrected chi connectivity index (χ2v) is 6.94. The van der Waals surface area contributed by atoms with Crippen molar-refractivity contribution in [2.24, 2.45) is 0 Å². The Morgan fingerprint density at radius 2 is 1.20 bits per heavy atom. The fraction of sp³-hybridized carbons (Fsp3) is 0.591. The molecule has 0 saturated heterocycles. The summed E-state index contributed by atoms with van der Waals surface area (Å²) in [6.45, 7) is 13.3. The first-order chi connectivity index (χ1) is 11.8. The average Bonchev–Trinajstić information content (AvgIpc) is 2.51. The molecule has 0 aliphatic carbocycles. The van der Waals surface area contributed by atoms with Crippen molar-refractivity contribution in [2.45, 2.75) is 67.2 Å². The van der Waals surface area contributed by atoms with Gasteiger partial charge in [0.25, 0.3) is 0 Å². The summed E-state index contributed by atoms with van der Waals surface area (Å²) in [4.78, 5) is 11.6. The summed E-state index contributed by atoms with van der Waals surface area (Å²) in [5, 5.41) is 0. The van der Waals surface area contributed by atoms with E-state index in [0.717, 1.165) is 25.7 Å². The average molecular weight is 349 g/mol. The minimum absolute atomic E-state index is 0.00239. The molecule has 0 aromatic carbocycles. The maximum absolute atomic E-state index is 11.6. The van der Waals surface area contributed by atoms with Gasteiger partial charge in [-0.15, -0.1) is 0 Å². The van der Waals surface area contributed by atoms with Gasteiger partial charge in [0, 0.05) is 0 Å². The summed E-state index contributed by atoms with van der Waals surface area (Å²) in [6.07, 6.45) is 12.5. The molecule has 0 aromatic heterocycles. The van der Waals surface area contributed by atoms with Gasteiger partial charge in [0.1, 0.15) is 13.2 Å². The van der Waals surface area contributed by atoms with Crippen LogP contribution in [0.5, 0.6) is 0 Å². The molecule has 25 heavy (non-hydrogen) atoms. The highest BCUT2D eigenvalue weighted by atomic mass is 16.6. The second-order valence-electron chi connectivity index (χ2n) is 6.94. The van der Waals surface area contributed by atoms with Gasteiger partial charge in [0.05, 0.1) is 6.61 Å². The van der Waals surface area contributed by atoms with Crippen LogP contribution in [-0.2, 0) is 14.3 Å². The number of esters is 1. The van der Waals surface area contributed by atoms with Crippen molar-refractivity contribution in [1.29, 1.82) is 0 Å². The minimum Gasteiger partial charge on any atom is -0.460 e. The SMILES string of the molecule is CC(C)=CCC/C(C)=C/COCC(=O)OC/C=C(\C)CCC=C(C)C. The van der Waals surface area contributed by atoms with E-state index in [0.29, 0.717) is 13.2 Å². The van der Waals surface area contributed by atoms with Gasteiger partial charge in [-0.25, -0.2) is 4.79 Å². The minimum atomic E-state index is -0.316. The molecule has 0 fully saturated rings. The molecule has 0 heterocycles. The molecule has 142 valence electrons. The van der Waals surface area contributed by atoms with Crippen molar-refractivity contribution < 1.29 is 14.3 Å². The highest BCUT2D eigenvalue weighted by molar-refractivity contribution is 5.70. The van der Waals surface area contributed by atoms with E-state index < -0.39 is 0 Å². The van der Waals surface area contributed by atoms with Crippen LogP contribution in [0.1, 0.15) is 67.2 Å². The molecule has 0 rings (SSSR count). The molecular formula is C22H36O3. The third-order valence-electron chi connectivity index (χ3n) is 3.63. The third kappa shape index (κ3) is 17.0. The number of carbonyl (C=O) groups is 1. The van der Waals surface area contributed by atoms with Gasteiger partial charge in [-0.05, 0) is 73.3 Å². The van der Waals surface area contributed by atoms with Crippen LogP contribution >= 0.6 is 0 Å². The lowest BCUT2D eigenvalue weighted by Crippen LogP contribution is -2.13. The molecule has 0 unspecified atom stereocenters. The molecular weight excluding hydrogens is 312 g/mol. The summed E-state index contributed by atoms with van der Waals surface area (Å²) in [7, 11) is 0. The van der Waals surface area contributed by atoms with Gasteiger partial charge < -0.3 is 9.47 Å². The van der Waals surface area contributed by atoms with E-state index in [-0.39, 0.29) is 12.6 Å². The number of allylic oxidation sites excluding steroid dienone is 6. The van der Waals surface area contributed by atoms with E-state index in [1.54, 1.807) is 0 Å². The Labute approximate surface area is 154 Å². The van der Waals surface area contributed by atoms with Crippen molar-refractivity contribution in [3.63, 3.8) is 0 Å². The van der Waals surface area contributed by atoms with Crippen LogP contribution in [0.3, 0.4) is 0 Å². The van der Waals surface area contributed by atoms with Crippen molar-refractivity contribution in [2.75, 3.05) is 19.8 Å². The zero-order valence-electron chi connectivity index (χ0n) is 17.0. The molecule has 0 radical (unpaired) electrons. The van der Waals surface area contributed by atoms with E-state index in [9.17, 15) is 4.79 Å². The molecule has 0 aliphatic rings. The normalized spacial score (nSPS) is 11.9. The standard InChI is InChI=1S/C22H36O3/c1-18(2)9-7-11-20(5)13-15-24-17-22(23)25-16-14-21(6)12-8-10-19(3)4/h9-10,13-14H,7-8,11-12,15-17H2,1-6H3/b20-13+,21-14+. The Morgan fingerprint density at radius 1 is 0.720 bits per heavy atom. The van der Waals surface area contributed by atoms with E-state index >= 15 is 0 Å². The summed E-state index contributed by atoms with van der Waals surface area (Å²) >= 11 is 0. The lowest BCUT2D eigenvalue weighted by Gasteiger charge is -2.04. The Morgan fingerprint density at radius 3 is 1.68 bits per heavy atom. The summed E-state index contributed by atoms with van der Waals surface area (Å²) in [5.41, 5.74) is 5.19. The monoisotopic (exact) mass is 348 g/mol. The molecule has 0 N–H and O–H groups in total. The highest BCUT2D eigenvalue weighted by Gasteiger charge is 2.01. The van der Waals surface area contributed by atoms with Crippen molar-refractivity contribution in [1.82, 2.24) is 0 Å². The number of rotatable bonds is 12. The Hall–Kier alpha value is -1.61. The largest absolute Gasteiger partial charge is 0.460 e. The molecule has 0 aromatic rings. The van der Waals surface area contributed by atoms with Crippen molar-refractivity contribution in [3.05, 3.63) is 46.6 Å². The van der Waals surface area contributed by atoms with Crippen LogP contribution in [-0.4, -0.2) is 25.8 Å². The van der Waals surface area contributed by atoms with Gasteiger partial charge in [0.15, 0.2) is 0 Å². The second kappa shape index (κ2) is 14.7. The van der Waals surface area contributed by atoms with Crippen LogP contribution in [0, 0.1) is 0 Å². The van der Waals surface area contributed by atoms with E-state index in [1.165, 1.54) is 22.3 Å². The summed E-state index contributed by atoms with van der Waals surface area (Å²) in [6, 6.07) is 0. The third-order valence-corrected chi connectivity index (χ3v) is 3.63. The fourth-order valence-electron chi connectivity index (χ4n) is 2.04. The molecule has 0 aliphatic heterocycles. The van der Waals surface area contributed by atoms with E-state index in [2.05, 4.69) is 53.7 Å². The first-order valence-electron chi connectivity index (χ1n) is 9.12. The maximum Gasteiger partial charge on any atom is 0.332 e. The van der Waals surface area contributed by atoms with E-state index in [1.807, 2.05) is 12.2 Å².